The van der Waals surface area contributed by atoms with Gasteiger partial charge >= 0.3 is 0 Å². The van der Waals surface area contributed by atoms with E-state index in [0.29, 0.717) is 43.8 Å². The van der Waals surface area contributed by atoms with Crippen molar-refractivity contribution in [2.24, 2.45) is 0 Å². The van der Waals surface area contributed by atoms with Crippen LogP contribution in [0.2, 0.25) is 0 Å². The molecule has 4 rings (SSSR count). The molecule has 1 N–H and O–H groups in total. The van der Waals surface area contributed by atoms with Gasteiger partial charge in [0.1, 0.15) is 5.69 Å². The van der Waals surface area contributed by atoms with Gasteiger partial charge in [-0.25, -0.2) is 0 Å². The fourth-order valence-corrected chi connectivity index (χ4v) is 4.04. The smallest absolute Gasteiger partial charge is 0.270 e. The number of carbonyl (C=O) groups is 2. The molecule has 2 amide bonds. The largest absolute Gasteiger partial charge is 0.342 e. The van der Waals surface area contributed by atoms with Gasteiger partial charge in [0.05, 0.1) is 6.54 Å². The number of piperazine rings is 1. The third-order valence-electron chi connectivity index (χ3n) is 5.71. The van der Waals surface area contributed by atoms with Crippen LogP contribution in [0, 0.1) is 0 Å². The second-order valence-corrected chi connectivity index (χ2v) is 7.61. The molecule has 0 radical (unpaired) electrons. The van der Waals surface area contributed by atoms with E-state index in [0.717, 1.165) is 31.3 Å². The quantitative estimate of drug-likeness (QED) is 0.868. The Bertz CT molecular complexity index is 925. The van der Waals surface area contributed by atoms with Gasteiger partial charge in [0, 0.05) is 44.7 Å². The summed E-state index contributed by atoms with van der Waals surface area (Å²) in [6.07, 6.45) is 3.40. The molecule has 148 valence electrons. The summed E-state index contributed by atoms with van der Waals surface area (Å²) in [6, 6.07) is 9.00. The minimum Gasteiger partial charge on any atom is -0.342 e. The standard InChI is InChI=1S/C21H26N4O3/c26-19(24-8-4-1-5-9-24)15-23-10-12-25(13-11-23)21(28)18-14-16-6-2-3-7-17(16)20(27)22-18/h2-3,6-7,14H,1,4-5,8-13,15H2,(H,22,27). The number of likely N-dealkylation sites (tertiary alicyclic amines) is 1. The molecule has 0 aliphatic carbocycles. The van der Waals surface area contributed by atoms with E-state index in [4.69, 9.17) is 0 Å². The average Bonchev–Trinajstić information content (AvgIpc) is 2.74. The maximum atomic E-state index is 12.8. The number of carbonyl (C=O) groups excluding carboxylic acids is 2. The first-order valence-electron chi connectivity index (χ1n) is 10.0. The second kappa shape index (κ2) is 8.14. The summed E-state index contributed by atoms with van der Waals surface area (Å²) in [5.41, 5.74) is 0.0776. The molecular formula is C21H26N4O3. The summed E-state index contributed by atoms with van der Waals surface area (Å²) < 4.78 is 0. The third kappa shape index (κ3) is 3.94. The van der Waals surface area contributed by atoms with Crippen LogP contribution in [0.25, 0.3) is 10.8 Å². The number of piperidine rings is 1. The van der Waals surface area contributed by atoms with Crippen molar-refractivity contribution in [2.45, 2.75) is 19.3 Å². The number of benzene rings is 1. The molecule has 0 spiro atoms. The minimum atomic E-state index is -0.243. The van der Waals surface area contributed by atoms with Crippen LogP contribution < -0.4 is 5.56 Å². The lowest BCUT2D eigenvalue weighted by Gasteiger charge is -2.36. The Kier molecular flexibility index (Phi) is 5.43. The van der Waals surface area contributed by atoms with Gasteiger partial charge in [0.2, 0.25) is 5.91 Å². The SMILES string of the molecule is O=C(CN1CCN(C(=O)c2cc3ccccc3c(=O)[nH]2)CC1)N1CCCCC1. The summed E-state index contributed by atoms with van der Waals surface area (Å²) in [6.45, 7) is 4.61. The van der Waals surface area contributed by atoms with Gasteiger partial charge in [-0.2, -0.15) is 0 Å². The highest BCUT2D eigenvalue weighted by Crippen LogP contribution is 2.14. The van der Waals surface area contributed by atoms with E-state index in [9.17, 15) is 14.4 Å². The van der Waals surface area contributed by atoms with Crippen molar-refractivity contribution in [3.63, 3.8) is 0 Å². The number of aromatic nitrogens is 1. The molecule has 0 bridgehead atoms. The van der Waals surface area contributed by atoms with E-state index in [2.05, 4.69) is 9.88 Å². The number of nitrogens with zero attached hydrogens (tertiary/aromatic N) is 3. The van der Waals surface area contributed by atoms with E-state index in [1.54, 1.807) is 17.0 Å². The molecule has 2 aromatic rings. The Morgan fingerprint density at radius 3 is 2.36 bits per heavy atom. The lowest BCUT2D eigenvalue weighted by molar-refractivity contribution is -0.133. The van der Waals surface area contributed by atoms with Crippen LogP contribution in [0.4, 0.5) is 0 Å². The van der Waals surface area contributed by atoms with Crippen LogP contribution >= 0.6 is 0 Å². The van der Waals surface area contributed by atoms with Gasteiger partial charge in [-0.1, -0.05) is 18.2 Å². The molecule has 3 heterocycles. The molecule has 28 heavy (non-hydrogen) atoms. The molecule has 0 unspecified atom stereocenters. The highest BCUT2D eigenvalue weighted by atomic mass is 16.2. The van der Waals surface area contributed by atoms with Crippen LogP contribution in [-0.2, 0) is 4.79 Å². The highest BCUT2D eigenvalue weighted by molar-refractivity contribution is 5.96. The summed E-state index contributed by atoms with van der Waals surface area (Å²) in [5, 5.41) is 1.35. The predicted octanol–water partition coefficient (Wildman–Crippen LogP) is 1.30. The van der Waals surface area contributed by atoms with E-state index >= 15 is 0 Å². The molecule has 0 saturated carbocycles. The molecule has 1 aromatic carbocycles. The van der Waals surface area contributed by atoms with E-state index in [1.165, 1.54) is 6.42 Å². The van der Waals surface area contributed by atoms with Crippen LogP contribution in [0.5, 0.6) is 0 Å². The molecule has 7 nitrogen and oxygen atoms in total. The fourth-order valence-electron chi connectivity index (χ4n) is 4.04. The van der Waals surface area contributed by atoms with Crippen LogP contribution in [0.3, 0.4) is 0 Å². The normalized spacial score (nSPS) is 18.4. The zero-order valence-corrected chi connectivity index (χ0v) is 16.0. The third-order valence-corrected chi connectivity index (χ3v) is 5.71. The first kappa shape index (κ1) is 18.7. The minimum absolute atomic E-state index is 0.162. The van der Waals surface area contributed by atoms with Crippen LogP contribution in [0.1, 0.15) is 29.8 Å². The first-order chi connectivity index (χ1) is 13.6. The summed E-state index contributed by atoms with van der Waals surface area (Å²) in [4.78, 5) is 46.0. The zero-order valence-electron chi connectivity index (χ0n) is 16.0. The number of amides is 2. The van der Waals surface area contributed by atoms with Crippen molar-refractivity contribution >= 4 is 22.6 Å². The van der Waals surface area contributed by atoms with Gasteiger partial charge in [-0.3, -0.25) is 19.3 Å². The van der Waals surface area contributed by atoms with Gasteiger partial charge in [-0.05, 0) is 36.8 Å². The van der Waals surface area contributed by atoms with Crippen molar-refractivity contribution in [1.29, 1.82) is 0 Å². The topological polar surface area (TPSA) is 76.7 Å². The van der Waals surface area contributed by atoms with Crippen molar-refractivity contribution in [1.82, 2.24) is 19.7 Å². The van der Waals surface area contributed by atoms with Gasteiger partial charge in [0.15, 0.2) is 0 Å². The summed E-state index contributed by atoms with van der Waals surface area (Å²) >= 11 is 0. The molecule has 0 atom stereocenters. The van der Waals surface area contributed by atoms with Crippen molar-refractivity contribution in [3.05, 3.63) is 46.4 Å². The number of aromatic amines is 1. The molecule has 2 fully saturated rings. The second-order valence-electron chi connectivity index (χ2n) is 7.61. The summed E-state index contributed by atoms with van der Waals surface area (Å²) in [7, 11) is 0. The van der Waals surface area contributed by atoms with Crippen LogP contribution in [0.15, 0.2) is 35.1 Å². The molecule has 2 saturated heterocycles. The maximum absolute atomic E-state index is 12.8. The average molecular weight is 382 g/mol. The maximum Gasteiger partial charge on any atom is 0.270 e. The Morgan fingerprint density at radius 2 is 1.61 bits per heavy atom. The van der Waals surface area contributed by atoms with Crippen LogP contribution in [-0.4, -0.2) is 77.3 Å². The predicted molar refractivity (Wildman–Crippen MR) is 107 cm³/mol. The van der Waals surface area contributed by atoms with Gasteiger partial charge < -0.3 is 14.8 Å². The zero-order chi connectivity index (χ0) is 19.5. The van der Waals surface area contributed by atoms with E-state index in [-0.39, 0.29) is 17.4 Å². The number of H-pyrrole nitrogens is 1. The number of fused-ring (bicyclic) bond motifs is 1. The molecule has 1 aromatic heterocycles. The number of nitrogens with one attached hydrogen (secondary N) is 1. The Labute approximate surface area is 163 Å². The Hall–Kier alpha value is -2.67. The van der Waals surface area contributed by atoms with E-state index < -0.39 is 0 Å². The van der Waals surface area contributed by atoms with Gasteiger partial charge in [0.25, 0.3) is 11.5 Å². The Morgan fingerprint density at radius 1 is 0.893 bits per heavy atom. The van der Waals surface area contributed by atoms with Gasteiger partial charge in [-0.15, -0.1) is 0 Å². The highest BCUT2D eigenvalue weighted by Gasteiger charge is 2.26. The lowest BCUT2D eigenvalue weighted by atomic mass is 10.1. The monoisotopic (exact) mass is 382 g/mol. The summed E-state index contributed by atoms with van der Waals surface area (Å²) in [5.74, 6) is 0.0307. The van der Waals surface area contributed by atoms with Crippen molar-refractivity contribution in [2.75, 3.05) is 45.8 Å². The molecule has 2 aliphatic rings. The lowest BCUT2D eigenvalue weighted by Crippen LogP contribution is -2.52. The number of pyridine rings is 1. The Balaban J connectivity index is 1.36. The van der Waals surface area contributed by atoms with E-state index in [1.807, 2.05) is 23.1 Å². The number of hydrogen-bond acceptors (Lipinski definition) is 4. The number of hydrogen-bond donors (Lipinski definition) is 1. The van der Waals surface area contributed by atoms with Crippen molar-refractivity contribution < 1.29 is 9.59 Å². The van der Waals surface area contributed by atoms with Crippen molar-refractivity contribution in [3.8, 4) is 0 Å². The molecule has 2 aliphatic heterocycles. The molecule has 7 heteroatoms. The first-order valence-corrected chi connectivity index (χ1v) is 10.0. The fraction of sp³-hybridized carbons (Fsp3) is 0.476. The molecular weight excluding hydrogens is 356 g/mol. The number of rotatable bonds is 3.